The minimum atomic E-state index is -1.28. The summed E-state index contributed by atoms with van der Waals surface area (Å²) in [6.45, 7) is 5.34. The normalized spacial score (nSPS) is 25.3. The van der Waals surface area contributed by atoms with Crippen LogP contribution in [0.15, 0.2) is 30.3 Å². The Hall–Kier alpha value is 1.05. The van der Waals surface area contributed by atoms with Crippen molar-refractivity contribution in [1.82, 2.24) is 10.2 Å². The van der Waals surface area contributed by atoms with Gasteiger partial charge in [0.2, 0.25) is 5.91 Å². The molecule has 0 aliphatic carbocycles. The number of rotatable bonds is 6. The number of hydrogen-bond donors (Lipinski definition) is 1. The van der Waals surface area contributed by atoms with Crippen LogP contribution in [0.5, 0.6) is 5.75 Å². The maximum Gasteiger partial charge on any atom is 1.00 e. The Labute approximate surface area is 253 Å². The Kier molecular flexibility index (Phi) is 10.7. The van der Waals surface area contributed by atoms with Crippen molar-refractivity contribution >= 4 is 29.5 Å². The van der Waals surface area contributed by atoms with Crippen LogP contribution in [0.25, 0.3) is 0 Å². The van der Waals surface area contributed by atoms with E-state index in [4.69, 9.17) is 4.74 Å². The van der Waals surface area contributed by atoms with Crippen LogP contribution in [0.4, 0.5) is 0 Å². The van der Waals surface area contributed by atoms with E-state index in [1.54, 1.807) is 26.0 Å². The molecule has 2 amide bonds. The molecule has 140 valence electrons. The number of thioether (sulfide) groups is 1. The maximum atomic E-state index is 12.5. The summed E-state index contributed by atoms with van der Waals surface area (Å²) >= 11 is 1.36. The fourth-order valence-electron chi connectivity index (χ4n) is 3.36. The second kappa shape index (κ2) is 11.1. The van der Waals surface area contributed by atoms with Crippen LogP contribution >= 0.6 is 11.8 Å². The number of para-hydroxylation sites is 1. The van der Waals surface area contributed by atoms with Gasteiger partial charge in [-0.05, 0) is 32.4 Å². The molecule has 10 heteroatoms. The zero-order chi connectivity index (χ0) is 19.1. The largest absolute Gasteiger partial charge is 1.00 e. The second-order valence-electron chi connectivity index (χ2n) is 6.89. The second-order valence-corrected chi connectivity index (χ2v) is 8.66. The quantitative estimate of drug-likeness (QED) is 0.339. The van der Waals surface area contributed by atoms with Crippen molar-refractivity contribution < 1.29 is 127 Å². The van der Waals surface area contributed by atoms with E-state index in [9.17, 15) is 19.5 Å². The molecule has 0 aromatic heterocycles. The molecule has 4 atom stereocenters. The summed E-state index contributed by atoms with van der Waals surface area (Å²) in [5.41, 5.74) is 0. The van der Waals surface area contributed by atoms with Crippen molar-refractivity contribution in [3.63, 3.8) is 0 Å². The Bertz CT molecular complexity index is 734. The fraction of sp³-hybridized carbons (Fsp3) is 0.500. The number of ether oxygens (including phenoxy) is 1. The maximum absolute atomic E-state index is 12.5. The van der Waals surface area contributed by atoms with Gasteiger partial charge < -0.3 is 24.9 Å². The first-order valence-corrected chi connectivity index (χ1v) is 9.37. The molecule has 1 aromatic rings. The van der Waals surface area contributed by atoms with Gasteiger partial charge in [0.15, 0.2) is 6.10 Å². The molecule has 1 unspecified atom stereocenters. The molecule has 7 nitrogen and oxygen atoms in total. The Morgan fingerprint density at radius 1 is 1.29 bits per heavy atom. The van der Waals surface area contributed by atoms with E-state index in [0.29, 0.717) is 12.2 Å². The number of carboxylic acid groups (broad SMARTS) is 1. The molecule has 2 heterocycles. The Morgan fingerprint density at radius 3 is 2.43 bits per heavy atom. The smallest absolute Gasteiger partial charge is 0.548 e. The van der Waals surface area contributed by atoms with E-state index < -0.39 is 40.2 Å². The number of carbonyl (C=O) groups is 3. The summed E-state index contributed by atoms with van der Waals surface area (Å²) in [6, 6.07) is 7.24. The van der Waals surface area contributed by atoms with Gasteiger partial charge >= 0.3 is 103 Å². The molecule has 2 aliphatic heterocycles. The summed E-state index contributed by atoms with van der Waals surface area (Å²) in [7, 11) is 0. The van der Waals surface area contributed by atoms with Crippen LogP contribution in [0.3, 0.4) is 0 Å². The third kappa shape index (κ3) is 5.45. The van der Waals surface area contributed by atoms with Crippen LogP contribution < -0.4 is 118 Å². The zero-order valence-electron chi connectivity index (χ0n) is 16.8. The topological polar surface area (TPSA) is 98.8 Å². The molecule has 0 saturated carbocycles. The van der Waals surface area contributed by atoms with Crippen molar-refractivity contribution in [1.29, 1.82) is 0 Å². The molecule has 1 N–H and O–H groups in total. The number of nitrogens with one attached hydrogen (secondary N) is 1. The van der Waals surface area contributed by atoms with Crippen LogP contribution in [0, 0.1) is 0 Å². The zero-order valence-corrected chi connectivity index (χ0v) is 23.9. The molecule has 2 saturated heterocycles. The van der Waals surface area contributed by atoms with Gasteiger partial charge in [0.05, 0.1) is 12.0 Å². The molecule has 28 heavy (non-hydrogen) atoms. The van der Waals surface area contributed by atoms with Crippen LogP contribution in [0.1, 0.15) is 27.2 Å². The van der Waals surface area contributed by atoms with Gasteiger partial charge in [0.25, 0.3) is 5.91 Å². The number of fused-ring (bicyclic) bond motifs is 1. The van der Waals surface area contributed by atoms with Crippen LogP contribution in [-0.2, 0) is 14.4 Å². The monoisotopic (exact) mass is 455 g/mol. The first-order chi connectivity index (χ1) is 12.3. The number of benzene rings is 1. The molecule has 1 aromatic carbocycles. The summed E-state index contributed by atoms with van der Waals surface area (Å²) < 4.78 is 5.02. The molecule has 2 aliphatic rings. The summed E-state index contributed by atoms with van der Waals surface area (Å²) in [4.78, 5) is 37.7. The molecule has 0 radical (unpaired) electrons. The Morgan fingerprint density at radius 2 is 1.89 bits per heavy atom. The SMILES string of the molecule is CCC(Oc1ccccc1)C(=O)N[C@@H]1C(=O)N2[C@@H]1SC(C)(C)[C@@H]2C(=O)[O-].[K+].[K+]. The van der Waals surface area contributed by atoms with Gasteiger partial charge in [0.1, 0.15) is 17.2 Å². The number of hydrogen-bond acceptors (Lipinski definition) is 6. The van der Waals surface area contributed by atoms with Crippen LogP contribution in [0.2, 0.25) is 0 Å². The van der Waals surface area contributed by atoms with Crippen molar-refractivity contribution in [2.45, 2.75) is 55.5 Å². The molecule has 3 rings (SSSR count). The van der Waals surface area contributed by atoms with Crippen LogP contribution in [-0.4, -0.2) is 51.0 Å². The first-order valence-electron chi connectivity index (χ1n) is 8.49. The van der Waals surface area contributed by atoms with E-state index in [-0.39, 0.29) is 109 Å². The predicted molar refractivity (Wildman–Crippen MR) is 94.2 cm³/mol. The van der Waals surface area contributed by atoms with Gasteiger partial charge in [-0.1, -0.05) is 25.1 Å². The average Bonchev–Trinajstić information content (AvgIpc) is 2.86. The number of carbonyl (C=O) groups excluding carboxylic acids is 3. The summed E-state index contributed by atoms with van der Waals surface area (Å²) in [5, 5.41) is 13.7. The van der Waals surface area contributed by atoms with Crippen molar-refractivity contribution in [3.05, 3.63) is 30.3 Å². The van der Waals surface area contributed by atoms with Gasteiger partial charge in [-0.25, -0.2) is 0 Å². The van der Waals surface area contributed by atoms with E-state index >= 15 is 0 Å². The van der Waals surface area contributed by atoms with Crippen molar-refractivity contribution in [3.8, 4) is 5.75 Å². The van der Waals surface area contributed by atoms with E-state index in [1.165, 1.54) is 16.7 Å². The number of nitrogens with zero attached hydrogens (tertiary/aromatic N) is 1. The van der Waals surface area contributed by atoms with E-state index in [2.05, 4.69) is 5.32 Å². The van der Waals surface area contributed by atoms with Gasteiger partial charge in [-0.2, -0.15) is 0 Å². The summed E-state index contributed by atoms with van der Waals surface area (Å²) in [5.74, 6) is -1.48. The number of amides is 2. The number of carboxylic acids is 1. The molecule has 0 spiro atoms. The van der Waals surface area contributed by atoms with E-state index in [0.717, 1.165) is 0 Å². The fourth-order valence-corrected chi connectivity index (χ4v) is 4.98. The molecule has 0 bridgehead atoms. The van der Waals surface area contributed by atoms with Gasteiger partial charge in [-0.15, -0.1) is 11.8 Å². The van der Waals surface area contributed by atoms with E-state index in [1.807, 2.05) is 25.1 Å². The van der Waals surface area contributed by atoms with Gasteiger partial charge in [0, 0.05) is 4.75 Å². The first kappa shape index (κ1) is 27.1. The standard InChI is InChI=1S/C18H22N2O5S.2K/c1-4-11(25-10-8-6-5-7-9-10)14(21)19-12-15(22)20-13(17(23)24)18(2,3)26-16(12)20;;/h5-9,11-13,16H,4H2,1-3H3,(H,19,21)(H,23,24);;/q;2*+1/p-1/t11?,12-,13+,16-;;/m1../s1. The summed E-state index contributed by atoms with van der Waals surface area (Å²) in [6.07, 6.45) is -0.285. The number of β-lactam (4-membered cyclic amide) rings is 1. The third-order valence-corrected chi connectivity index (χ3v) is 6.22. The molecular weight excluding hydrogens is 434 g/mol. The van der Waals surface area contributed by atoms with Crippen molar-refractivity contribution in [2.24, 2.45) is 0 Å². The third-order valence-electron chi connectivity index (χ3n) is 4.65. The van der Waals surface area contributed by atoms with Crippen molar-refractivity contribution in [2.75, 3.05) is 0 Å². The molecular formula is C18H21K2N2O5S+. The predicted octanol–water partition coefficient (Wildman–Crippen LogP) is -5.85. The molecule has 2 fully saturated rings. The van der Waals surface area contributed by atoms with Gasteiger partial charge in [-0.3, -0.25) is 9.59 Å². The minimum Gasteiger partial charge on any atom is -0.548 e. The Balaban J connectivity index is 0.00000196. The number of aliphatic carboxylic acids is 1. The average molecular weight is 456 g/mol. The minimum absolute atomic E-state index is 0.